The molecule has 0 radical (unpaired) electrons. The summed E-state index contributed by atoms with van der Waals surface area (Å²) in [5.41, 5.74) is 0.643. The molecule has 1 atom stereocenters. The monoisotopic (exact) mass is 330 g/mol. The smallest absolute Gasteiger partial charge is 0.309 e. The predicted molar refractivity (Wildman–Crippen MR) is 84.4 cm³/mol. The van der Waals surface area contributed by atoms with Crippen LogP contribution in [0.2, 0.25) is 0 Å². The van der Waals surface area contributed by atoms with Crippen LogP contribution in [0.3, 0.4) is 0 Å². The molecule has 0 spiro atoms. The topological polar surface area (TPSA) is 86.6 Å². The summed E-state index contributed by atoms with van der Waals surface area (Å²) in [6.45, 7) is 2.03. The highest BCUT2D eigenvalue weighted by Crippen LogP contribution is 2.35. The Balaban J connectivity index is 1.94. The zero-order valence-corrected chi connectivity index (χ0v) is 13.7. The van der Waals surface area contributed by atoms with Gasteiger partial charge in [-0.1, -0.05) is 12.1 Å². The van der Waals surface area contributed by atoms with Gasteiger partial charge in [-0.2, -0.15) is 5.10 Å². The van der Waals surface area contributed by atoms with E-state index in [1.165, 1.54) is 7.11 Å². The number of fused-ring (bicyclic) bond motifs is 1. The van der Waals surface area contributed by atoms with E-state index in [4.69, 9.17) is 4.74 Å². The molecule has 24 heavy (non-hydrogen) atoms. The van der Waals surface area contributed by atoms with Crippen LogP contribution in [-0.4, -0.2) is 39.9 Å². The van der Waals surface area contributed by atoms with E-state index in [0.29, 0.717) is 23.1 Å². The molecule has 8 heteroatoms. The molecular formula is C16H18N4O4. The quantitative estimate of drug-likeness (QED) is 0.777. The van der Waals surface area contributed by atoms with E-state index in [1.807, 2.05) is 12.1 Å². The normalized spacial score (nSPS) is 16.5. The van der Waals surface area contributed by atoms with Gasteiger partial charge in [-0.15, -0.1) is 0 Å². The van der Waals surface area contributed by atoms with E-state index >= 15 is 0 Å². The van der Waals surface area contributed by atoms with Crippen molar-refractivity contribution in [1.82, 2.24) is 14.8 Å². The maximum Gasteiger partial charge on any atom is 0.309 e. The first-order valence-electron chi connectivity index (χ1n) is 7.50. The number of carbonyl (C=O) groups excluding carboxylic acids is 2. The summed E-state index contributed by atoms with van der Waals surface area (Å²) < 4.78 is 12.0. The molecule has 0 aliphatic carbocycles. The van der Waals surface area contributed by atoms with Gasteiger partial charge in [-0.05, 0) is 19.1 Å². The number of carbonyl (C=O) groups is 2. The Kier molecular flexibility index (Phi) is 4.20. The minimum absolute atomic E-state index is 0.141. The number of ether oxygens (including phenoxy) is 2. The van der Waals surface area contributed by atoms with E-state index in [1.54, 1.807) is 35.7 Å². The van der Waals surface area contributed by atoms with Crippen LogP contribution < -0.4 is 9.64 Å². The minimum atomic E-state index is -0.915. The van der Waals surface area contributed by atoms with Crippen molar-refractivity contribution in [1.29, 1.82) is 0 Å². The van der Waals surface area contributed by atoms with E-state index in [2.05, 4.69) is 14.8 Å². The van der Waals surface area contributed by atoms with E-state index in [0.717, 1.165) is 0 Å². The van der Waals surface area contributed by atoms with Gasteiger partial charge in [0.05, 0.1) is 25.8 Å². The molecule has 3 rings (SSSR count). The predicted octanol–water partition coefficient (Wildman–Crippen LogP) is 0.981. The molecule has 0 saturated heterocycles. The Bertz CT molecular complexity index is 786. The number of aryl methyl sites for hydroxylation is 2. The second kappa shape index (κ2) is 6.31. The second-order valence-corrected chi connectivity index (χ2v) is 5.48. The van der Waals surface area contributed by atoms with Crippen molar-refractivity contribution < 1.29 is 19.1 Å². The van der Waals surface area contributed by atoms with Crippen LogP contribution >= 0.6 is 0 Å². The number of hydrogen-bond acceptors (Lipinski definition) is 6. The number of benzene rings is 1. The summed E-state index contributed by atoms with van der Waals surface area (Å²) in [7, 11) is 3.06. The van der Waals surface area contributed by atoms with Crippen LogP contribution in [0, 0.1) is 6.92 Å². The zero-order valence-electron chi connectivity index (χ0n) is 13.7. The summed E-state index contributed by atoms with van der Waals surface area (Å²) in [5.74, 6) is 1.02. The highest BCUT2D eigenvalue weighted by atomic mass is 16.5. The number of methoxy groups -OCH3 is 1. The lowest BCUT2D eigenvalue weighted by molar-refractivity contribution is -0.145. The molecule has 0 fully saturated rings. The van der Waals surface area contributed by atoms with Crippen LogP contribution in [0.15, 0.2) is 24.3 Å². The van der Waals surface area contributed by atoms with Crippen molar-refractivity contribution in [2.75, 3.05) is 12.0 Å². The molecule has 1 aromatic heterocycles. The fourth-order valence-electron chi connectivity index (χ4n) is 2.64. The lowest BCUT2D eigenvalue weighted by Crippen LogP contribution is -2.46. The van der Waals surface area contributed by atoms with Gasteiger partial charge in [0.25, 0.3) is 5.91 Å². The lowest BCUT2D eigenvalue weighted by Gasteiger charge is -2.33. The molecule has 0 saturated carbocycles. The van der Waals surface area contributed by atoms with E-state index in [9.17, 15) is 9.59 Å². The van der Waals surface area contributed by atoms with Crippen LogP contribution in [0.4, 0.5) is 5.69 Å². The fourth-order valence-corrected chi connectivity index (χ4v) is 2.64. The lowest BCUT2D eigenvalue weighted by atomic mass is 10.1. The first-order chi connectivity index (χ1) is 11.5. The van der Waals surface area contributed by atoms with Crippen molar-refractivity contribution in [2.24, 2.45) is 7.05 Å². The van der Waals surface area contributed by atoms with E-state index in [-0.39, 0.29) is 18.9 Å². The average Bonchev–Trinajstić information content (AvgIpc) is 2.88. The van der Waals surface area contributed by atoms with Gasteiger partial charge in [-0.3, -0.25) is 19.2 Å². The number of hydrogen-bond donors (Lipinski definition) is 0. The van der Waals surface area contributed by atoms with Gasteiger partial charge in [0.2, 0.25) is 0 Å². The number of amides is 1. The highest BCUT2D eigenvalue weighted by molar-refractivity contribution is 6.01. The van der Waals surface area contributed by atoms with Crippen LogP contribution in [-0.2, 0) is 27.9 Å². The van der Waals surface area contributed by atoms with Gasteiger partial charge in [0.15, 0.2) is 6.10 Å². The van der Waals surface area contributed by atoms with Crippen molar-refractivity contribution in [2.45, 2.75) is 26.0 Å². The number of esters is 1. The summed E-state index contributed by atoms with van der Waals surface area (Å²) in [5, 5.41) is 4.20. The van der Waals surface area contributed by atoms with Crippen LogP contribution in [0.5, 0.6) is 5.75 Å². The standard InChI is InChI=1S/C16H18N4O4/c1-10-17-14(19(2)18-10)9-20-11-6-4-5-7-12(11)24-13(16(20)22)8-15(21)23-3/h4-7,13H,8-9H2,1-3H3/t13-/m0/s1. The molecule has 1 aromatic carbocycles. The summed E-state index contributed by atoms with van der Waals surface area (Å²) in [6, 6.07) is 7.20. The van der Waals surface area contributed by atoms with Gasteiger partial charge in [0.1, 0.15) is 17.4 Å². The maximum absolute atomic E-state index is 12.8. The molecule has 2 heterocycles. The molecule has 0 N–H and O–H groups in total. The van der Waals surface area contributed by atoms with E-state index < -0.39 is 12.1 Å². The Hall–Kier alpha value is -2.90. The molecule has 1 amide bonds. The van der Waals surface area contributed by atoms with Gasteiger partial charge in [0, 0.05) is 7.05 Å². The average molecular weight is 330 g/mol. The van der Waals surface area contributed by atoms with Crippen molar-refractivity contribution in [3.05, 3.63) is 35.9 Å². The third-order valence-corrected chi connectivity index (χ3v) is 3.81. The SMILES string of the molecule is COC(=O)C[C@@H]1Oc2ccccc2N(Cc2nc(C)nn2C)C1=O. The largest absolute Gasteiger partial charge is 0.478 e. The van der Waals surface area contributed by atoms with Crippen molar-refractivity contribution in [3.63, 3.8) is 0 Å². The number of nitrogens with zero attached hydrogens (tertiary/aromatic N) is 4. The summed E-state index contributed by atoms with van der Waals surface area (Å²) in [6.07, 6.45) is -1.06. The zero-order chi connectivity index (χ0) is 17.3. The molecule has 126 valence electrons. The summed E-state index contributed by atoms with van der Waals surface area (Å²) in [4.78, 5) is 30.3. The third-order valence-electron chi connectivity index (χ3n) is 3.81. The van der Waals surface area contributed by atoms with Gasteiger partial charge < -0.3 is 9.47 Å². The van der Waals surface area contributed by atoms with Gasteiger partial charge in [-0.25, -0.2) is 4.98 Å². The highest BCUT2D eigenvalue weighted by Gasteiger charge is 2.36. The first kappa shape index (κ1) is 16.0. The van der Waals surface area contributed by atoms with Crippen LogP contribution in [0.1, 0.15) is 18.1 Å². The number of aromatic nitrogens is 3. The Labute approximate surface area is 139 Å². The van der Waals surface area contributed by atoms with Crippen molar-refractivity contribution >= 4 is 17.6 Å². The van der Waals surface area contributed by atoms with Gasteiger partial charge >= 0.3 is 5.97 Å². The van der Waals surface area contributed by atoms with Crippen LogP contribution in [0.25, 0.3) is 0 Å². The second-order valence-electron chi connectivity index (χ2n) is 5.48. The number of rotatable bonds is 4. The fraction of sp³-hybridized carbons (Fsp3) is 0.375. The molecule has 1 aliphatic rings. The first-order valence-corrected chi connectivity index (χ1v) is 7.50. The maximum atomic E-state index is 12.8. The number of anilines is 1. The molecule has 1 aliphatic heterocycles. The Morgan fingerprint density at radius 1 is 1.38 bits per heavy atom. The molecule has 2 aromatic rings. The number of para-hydroxylation sites is 2. The van der Waals surface area contributed by atoms with Crippen molar-refractivity contribution in [3.8, 4) is 5.75 Å². The molecular weight excluding hydrogens is 312 g/mol. The molecule has 0 bridgehead atoms. The summed E-state index contributed by atoms with van der Waals surface area (Å²) >= 11 is 0. The Morgan fingerprint density at radius 3 is 2.79 bits per heavy atom. The molecule has 8 nitrogen and oxygen atoms in total. The molecule has 0 unspecified atom stereocenters. The minimum Gasteiger partial charge on any atom is -0.478 e. The third kappa shape index (κ3) is 2.94. The Morgan fingerprint density at radius 2 is 2.12 bits per heavy atom.